The van der Waals surface area contributed by atoms with Crippen molar-refractivity contribution in [2.75, 3.05) is 5.32 Å². The van der Waals surface area contributed by atoms with Crippen LogP contribution in [0.2, 0.25) is 0 Å². The van der Waals surface area contributed by atoms with Gasteiger partial charge in [-0.05, 0) is 60.4 Å². The molecule has 0 spiro atoms. The monoisotopic (exact) mass is 434 g/mol. The Labute approximate surface area is 191 Å². The molecule has 170 valence electrons. The van der Waals surface area contributed by atoms with Crippen LogP contribution < -0.4 is 10.1 Å². The second-order valence-corrected chi connectivity index (χ2v) is 10.2. The van der Waals surface area contributed by atoms with Crippen LogP contribution in [0.25, 0.3) is 0 Å². The first-order valence-electron chi connectivity index (χ1n) is 11.7. The van der Waals surface area contributed by atoms with Crippen molar-refractivity contribution in [2.45, 2.75) is 78.5 Å². The molecule has 2 aliphatic rings. The largest absolute Gasteiger partial charge is 0.480 e. The molecule has 2 unspecified atom stereocenters. The van der Waals surface area contributed by atoms with Gasteiger partial charge in [-0.25, -0.2) is 0 Å². The van der Waals surface area contributed by atoms with Gasteiger partial charge in [-0.1, -0.05) is 52.0 Å². The molecule has 5 nitrogen and oxygen atoms in total. The van der Waals surface area contributed by atoms with Gasteiger partial charge in [0.1, 0.15) is 5.75 Å². The Morgan fingerprint density at radius 1 is 1.16 bits per heavy atom. The van der Waals surface area contributed by atoms with Gasteiger partial charge < -0.3 is 15.0 Å². The lowest BCUT2D eigenvalue weighted by Gasteiger charge is -2.36. The number of benzene rings is 2. The maximum absolute atomic E-state index is 13.5. The maximum atomic E-state index is 13.5. The van der Waals surface area contributed by atoms with Gasteiger partial charge in [0.2, 0.25) is 5.91 Å². The van der Waals surface area contributed by atoms with Gasteiger partial charge in [-0.3, -0.25) is 9.59 Å². The van der Waals surface area contributed by atoms with Crippen LogP contribution in [0.3, 0.4) is 0 Å². The first kappa shape index (κ1) is 22.4. The van der Waals surface area contributed by atoms with E-state index in [-0.39, 0.29) is 23.3 Å². The summed E-state index contributed by atoms with van der Waals surface area (Å²) in [4.78, 5) is 28.0. The fourth-order valence-electron chi connectivity index (χ4n) is 4.81. The van der Waals surface area contributed by atoms with E-state index in [1.165, 1.54) is 11.1 Å². The zero-order valence-corrected chi connectivity index (χ0v) is 19.6. The predicted molar refractivity (Wildman–Crippen MR) is 127 cm³/mol. The Morgan fingerprint density at radius 3 is 2.69 bits per heavy atom. The number of amides is 2. The lowest BCUT2D eigenvalue weighted by Crippen LogP contribution is -2.42. The number of carbonyl (C=O) groups is 2. The van der Waals surface area contributed by atoms with Gasteiger partial charge in [0, 0.05) is 17.7 Å². The number of carbonyl (C=O) groups excluding carboxylic acids is 2. The summed E-state index contributed by atoms with van der Waals surface area (Å²) in [6, 6.07) is 14.2. The summed E-state index contributed by atoms with van der Waals surface area (Å²) in [6.07, 6.45) is 3.65. The van der Waals surface area contributed by atoms with E-state index in [9.17, 15) is 9.59 Å². The number of aryl methyl sites for hydroxylation is 1. The van der Waals surface area contributed by atoms with Crippen molar-refractivity contribution in [1.82, 2.24) is 4.90 Å². The molecule has 0 radical (unpaired) electrons. The number of hydrogen-bond acceptors (Lipinski definition) is 3. The standard InChI is InChI=1S/C27H34N2O3/c1-5-23-26(31)29(22-12-8-10-18-9-6-7-11-21(18)22)17-19-15-20(13-14-24(19)32-23)28-25(30)16-27(2,3)4/h6-7,9,11,13-15,22-23H,5,8,10,12,16-17H2,1-4H3,(H,28,30). The molecule has 1 N–H and O–H groups in total. The summed E-state index contributed by atoms with van der Waals surface area (Å²) in [6.45, 7) is 8.61. The van der Waals surface area contributed by atoms with Crippen LogP contribution in [-0.4, -0.2) is 22.8 Å². The highest BCUT2D eigenvalue weighted by Crippen LogP contribution is 2.39. The van der Waals surface area contributed by atoms with Crippen molar-refractivity contribution in [2.24, 2.45) is 5.41 Å². The lowest BCUT2D eigenvalue weighted by atomic mass is 9.86. The Hall–Kier alpha value is -2.82. The highest BCUT2D eigenvalue weighted by Gasteiger charge is 2.36. The Morgan fingerprint density at radius 2 is 1.94 bits per heavy atom. The van der Waals surface area contributed by atoms with Gasteiger partial charge in [-0.15, -0.1) is 0 Å². The van der Waals surface area contributed by atoms with E-state index in [0.29, 0.717) is 19.4 Å². The molecule has 2 aromatic rings. The van der Waals surface area contributed by atoms with Crippen molar-refractivity contribution < 1.29 is 14.3 Å². The predicted octanol–water partition coefficient (Wildman–Crippen LogP) is 5.64. The van der Waals surface area contributed by atoms with Crippen LogP contribution in [0.15, 0.2) is 42.5 Å². The summed E-state index contributed by atoms with van der Waals surface area (Å²) in [7, 11) is 0. The van der Waals surface area contributed by atoms with Crippen molar-refractivity contribution in [1.29, 1.82) is 0 Å². The second kappa shape index (κ2) is 8.97. The van der Waals surface area contributed by atoms with Crippen molar-refractivity contribution >= 4 is 17.5 Å². The van der Waals surface area contributed by atoms with Crippen LogP contribution in [-0.2, 0) is 22.6 Å². The highest BCUT2D eigenvalue weighted by molar-refractivity contribution is 5.91. The third-order valence-electron chi connectivity index (χ3n) is 6.29. The quantitative estimate of drug-likeness (QED) is 0.678. The summed E-state index contributed by atoms with van der Waals surface area (Å²) < 4.78 is 6.16. The molecule has 1 aliphatic carbocycles. The SMILES string of the molecule is CCC1Oc2ccc(NC(=O)CC(C)(C)C)cc2CN(C2CCCc3ccccc32)C1=O. The molecule has 0 saturated carbocycles. The molecule has 0 fully saturated rings. The topological polar surface area (TPSA) is 58.6 Å². The van der Waals surface area contributed by atoms with E-state index in [0.717, 1.165) is 36.3 Å². The van der Waals surface area contributed by atoms with Crippen LogP contribution >= 0.6 is 0 Å². The van der Waals surface area contributed by atoms with Gasteiger partial charge in [-0.2, -0.15) is 0 Å². The van der Waals surface area contributed by atoms with E-state index in [4.69, 9.17) is 4.74 Å². The third kappa shape index (κ3) is 4.82. The molecule has 32 heavy (non-hydrogen) atoms. The highest BCUT2D eigenvalue weighted by atomic mass is 16.5. The average Bonchev–Trinajstić information content (AvgIpc) is 2.88. The zero-order valence-electron chi connectivity index (χ0n) is 19.6. The first-order valence-corrected chi connectivity index (χ1v) is 11.7. The molecule has 2 amide bonds. The van der Waals surface area contributed by atoms with Crippen molar-refractivity contribution in [3.05, 3.63) is 59.2 Å². The Kier molecular flexibility index (Phi) is 6.27. The van der Waals surface area contributed by atoms with E-state index >= 15 is 0 Å². The molecule has 1 aliphatic heterocycles. The number of nitrogens with one attached hydrogen (secondary N) is 1. The summed E-state index contributed by atoms with van der Waals surface area (Å²) in [5, 5.41) is 3.02. The minimum atomic E-state index is -0.494. The van der Waals surface area contributed by atoms with E-state index < -0.39 is 6.10 Å². The first-order chi connectivity index (χ1) is 15.2. The van der Waals surface area contributed by atoms with Crippen molar-refractivity contribution in [3.8, 4) is 5.75 Å². The molecular weight excluding hydrogens is 400 g/mol. The lowest BCUT2D eigenvalue weighted by molar-refractivity contribution is -0.141. The van der Waals surface area contributed by atoms with Crippen LogP contribution in [0.5, 0.6) is 5.75 Å². The van der Waals surface area contributed by atoms with Gasteiger partial charge >= 0.3 is 0 Å². The Bertz CT molecular complexity index is 1010. The molecule has 4 rings (SSSR count). The normalized spacial score (nSPS) is 20.6. The average molecular weight is 435 g/mol. The fourth-order valence-corrected chi connectivity index (χ4v) is 4.81. The van der Waals surface area contributed by atoms with Gasteiger partial charge in [0.05, 0.1) is 12.6 Å². The molecule has 5 heteroatoms. The smallest absolute Gasteiger partial charge is 0.264 e. The number of nitrogens with zero attached hydrogens (tertiary/aromatic N) is 1. The van der Waals surface area contributed by atoms with E-state index in [1.807, 2.05) is 50.8 Å². The molecule has 2 aromatic carbocycles. The minimum Gasteiger partial charge on any atom is -0.480 e. The number of anilines is 1. The molecule has 2 atom stereocenters. The number of fused-ring (bicyclic) bond motifs is 2. The maximum Gasteiger partial charge on any atom is 0.264 e. The number of ether oxygens (including phenoxy) is 1. The van der Waals surface area contributed by atoms with E-state index in [1.54, 1.807) is 0 Å². The van der Waals surface area contributed by atoms with Crippen LogP contribution in [0.1, 0.15) is 76.1 Å². The summed E-state index contributed by atoms with van der Waals surface area (Å²) in [5.41, 5.74) is 4.18. The molecule has 0 bridgehead atoms. The number of rotatable bonds is 4. The second-order valence-electron chi connectivity index (χ2n) is 10.2. The van der Waals surface area contributed by atoms with Crippen LogP contribution in [0, 0.1) is 5.41 Å². The molecule has 1 heterocycles. The van der Waals surface area contributed by atoms with Crippen LogP contribution in [0.4, 0.5) is 5.69 Å². The molecule has 0 saturated heterocycles. The van der Waals surface area contributed by atoms with Gasteiger partial charge in [0.25, 0.3) is 5.91 Å². The molecule has 0 aromatic heterocycles. The summed E-state index contributed by atoms with van der Waals surface area (Å²) in [5.74, 6) is 0.766. The summed E-state index contributed by atoms with van der Waals surface area (Å²) >= 11 is 0. The Balaban J connectivity index is 1.65. The molecular formula is C27H34N2O3. The number of hydrogen-bond donors (Lipinski definition) is 1. The van der Waals surface area contributed by atoms with E-state index in [2.05, 4.69) is 29.6 Å². The van der Waals surface area contributed by atoms with Crippen molar-refractivity contribution in [3.63, 3.8) is 0 Å². The van der Waals surface area contributed by atoms with Gasteiger partial charge in [0.15, 0.2) is 6.10 Å². The fraction of sp³-hybridized carbons (Fsp3) is 0.481. The minimum absolute atomic E-state index is 0.00688. The zero-order chi connectivity index (χ0) is 22.9. The third-order valence-corrected chi connectivity index (χ3v) is 6.29.